The predicted octanol–water partition coefficient (Wildman–Crippen LogP) is 4.99. The zero-order valence-corrected chi connectivity index (χ0v) is 17.5. The van der Waals surface area contributed by atoms with E-state index in [-0.39, 0.29) is 29.9 Å². The second kappa shape index (κ2) is 9.44. The summed E-state index contributed by atoms with van der Waals surface area (Å²) in [6, 6.07) is 18.7. The van der Waals surface area contributed by atoms with Gasteiger partial charge in [-0.2, -0.15) is 0 Å². The normalized spacial score (nSPS) is 12.0. The summed E-state index contributed by atoms with van der Waals surface area (Å²) < 4.78 is 5.58. The van der Waals surface area contributed by atoms with E-state index in [4.69, 9.17) is 4.74 Å². The lowest BCUT2D eigenvalue weighted by Gasteiger charge is -2.16. The molecule has 3 aromatic carbocycles. The summed E-state index contributed by atoms with van der Waals surface area (Å²) in [6.45, 7) is 6.02. The van der Waals surface area contributed by atoms with Crippen LogP contribution in [0.15, 0.2) is 60.7 Å². The number of ether oxygens (including phenoxy) is 1. The van der Waals surface area contributed by atoms with Gasteiger partial charge in [0.25, 0.3) is 5.91 Å². The Morgan fingerprint density at radius 2 is 1.60 bits per heavy atom. The van der Waals surface area contributed by atoms with Crippen molar-refractivity contribution in [2.24, 2.45) is 5.92 Å². The molecule has 1 amide bonds. The van der Waals surface area contributed by atoms with E-state index in [0.29, 0.717) is 5.92 Å². The number of carbonyl (C=O) groups excluding carboxylic acids is 1. The minimum Gasteiger partial charge on any atom is -0.483 e. The van der Waals surface area contributed by atoms with Crippen LogP contribution in [0.5, 0.6) is 5.75 Å². The molecule has 0 aliphatic heterocycles. The molecule has 5 heteroatoms. The lowest BCUT2D eigenvalue weighted by atomic mass is 10.00. The number of nitrogens with one attached hydrogen (secondary N) is 1. The van der Waals surface area contributed by atoms with Crippen molar-refractivity contribution in [1.82, 2.24) is 5.32 Å². The molecule has 0 fully saturated rings. The van der Waals surface area contributed by atoms with Gasteiger partial charge in [-0.3, -0.25) is 4.79 Å². The van der Waals surface area contributed by atoms with Gasteiger partial charge in [-0.25, -0.2) is 4.79 Å². The third-order valence-corrected chi connectivity index (χ3v) is 4.94. The van der Waals surface area contributed by atoms with Crippen molar-refractivity contribution in [3.05, 3.63) is 77.4 Å². The first kappa shape index (κ1) is 21.4. The van der Waals surface area contributed by atoms with Crippen LogP contribution in [0.3, 0.4) is 0 Å². The molecule has 0 unspecified atom stereocenters. The number of carboxylic acid groups (broad SMARTS) is 1. The van der Waals surface area contributed by atoms with Gasteiger partial charge in [0, 0.05) is 0 Å². The largest absolute Gasteiger partial charge is 0.483 e. The van der Waals surface area contributed by atoms with Gasteiger partial charge in [-0.15, -0.1) is 0 Å². The summed E-state index contributed by atoms with van der Waals surface area (Å²) in [7, 11) is 0. The van der Waals surface area contributed by atoms with Gasteiger partial charge in [-0.1, -0.05) is 62.4 Å². The number of carbonyl (C=O) groups is 2. The summed E-state index contributed by atoms with van der Waals surface area (Å²) in [6.07, 6.45) is 1.02. The molecule has 1 atom stereocenters. The van der Waals surface area contributed by atoms with E-state index in [1.165, 1.54) is 5.56 Å². The van der Waals surface area contributed by atoms with Gasteiger partial charge in [0.1, 0.15) is 11.3 Å². The molecule has 0 saturated carbocycles. The summed E-state index contributed by atoms with van der Waals surface area (Å²) in [5, 5.41) is 14.0. The fourth-order valence-corrected chi connectivity index (χ4v) is 3.43. The van der Waals surface area contributed by atoms with E-state index in [2.05, 4.69) is 31.3 Å². The molecule has 0 aliphatic rings. The molecule has 0 aromatic heterocycles. The van der Waals surface area contributed by atoms with Crippen LogP contribution < -0.4 is 10.1 Å². The molecule has 3 rings (SSSR count). The quantitative estimate of drug-likeness (QED) is 0.553. The van der Waals surface area contributed by atoms with E-state index in [1.54, 1.807) is 12.1 Å². The van der Waals surface area contributed by atoms with Crippen LogP contribution in [0, 0.1) is 5.92 Å². The van der Waals surface area contributed by atoms with Crippen LogP contribution in [0.25, 0.3) is 10.8 Å². The molecule has 156 valence electrons. The monoisotopic (exact) mass is 405 g/mol. The Morgan fingerprint density at radius 1 is 0.967 bits per heavy atom. The van der Waals surface area contributed by atoms with Crippen LogP contribution in [0.1, 0.15) is 48.3 Å². The third kappa shape index (κ3) is 5.38. The molecule has 0 heterocycles. The van der Waals surface area contributed by atoms with Crippen LogP contribution in [-0.2, 0) is 11.2 Å². The average Bonchev–Trinajstić information content (AvgIpc) is 2.71. The Balaban J connectivity index is 1.64. The van der Waals surface area contributed by atoms with Gasteiger partial charge >= 0.3 is 5.97 Å². The second-order valence-corrected chi connectivity index (χ2v) is 7.92. The zero-order chi connectivity index (χ0) is 21.7. The fourth-order valence-electron chi connectivity index (χ4n) is 3.43. The lowest BCUT2D eigenvalue weighted by Crippen LogP contribution is -2.31. The van der Waals surface area contributed by atoms with E-state index in [9.17, 15) is 14.7 Å². The van der Waals surface area contributed by atoms with Gasteiger partial charge in [0.2, 0.25) is 0 Å². The number of hydrogen-bond donors (Lipinski definition) is 2. The Morgan fingerprint density at radius 3 is 2.20 bits per heavy atom. The van der Waals surface area contributed by atoms with Crippen LogP contribution in [-0.4, -0.2) is 23.6 Å². The van der Waals surface area contributed by atoms with Crippen molar-refractivity contribution in [3.8, 4) is 5.75 Å². The number of aromatic carboxylic acids is 1. The highest BCUT2D eigenvalue weighted by atomic mass is 16.5. The second-order valence-electron chi connectivity index (χ2n) is 7.92. The molecule has 0 bridgehead atoms. The number of hydrogen-bond acceptors (Lipinski definition) is 3. The number of rotatable bonds is 8. The fraction of sp³-hybridized carbons (Fsp3) is 0.280. The molecule has 30 heavy (non-hydrogen) atoms. The highest BCUT2D eigenvalue weighted by Crippen LogP contribution is 2.26. The predicted molar refractivity (Wildman–Crippen MR) is 118 cm³/mol. The molecular formula is C25H27NO4. The summed E-state index contributed by atoms with van der Waals surface area (Å²) in [5.41, 5.74) is 2.32. The van der Waals surface area contributed by atoms with E-state index < -0.39 is 5.97 Å². The topological polar surface area (TPSA) is 75.6 Å². The first-order chi connectivity index (χ1) is 14.3. The molecule has 3 aromatic rings. The number of carboxylic acids is 1. The molecule has 5 nitrogen and oxygen atoms in total. The standard InChI is InChI=1S/C25H27NO4/c1-16(2)12-18-8-10-19(11-9-18)17(3)26-24(27)15-30-23-14-21-7-5-4-6-20(21)13-22(23)25(28)29/h4-11,13-14,16-17H,12,15H2,1-3H3,(H,26,27)(H,28,29)/t17-/m0/s1. The summed E-state index contributed by atoms with van der Waals surface area (Å²) >= 11 is 0. The molecule has 0 radical (unpaired) electrons. The molecular weight excluding hydrogens is 378 g/mol. The van der Waals surface area contributed by atoms with Crippen LogP contribution >= 0.6 is 0 Å². The minimum atomic E-state index is -1.09. The Labute approximate surface area is 176 Å². The van der Waals surface area contributed by atoms with E-state index >= 15 is 0 Å². The van der Waals surface area contributed by atoms with Crippen molar-refractivity contribution in [2.45, 2.75) is 33.2 Å². The first-order valence-electron chi connectivity index (χ1n) is 10.1. The van der Waals surface area contributed by atoms with Crippen molar-refractivity contribution < 1.29 is 19.4 Å². The maximum absolute atomic E-state index is 12.4. The molecule has 0 saturated heterocycles. The minimum absolute atomic E-state index is 0.0373. The lowest BCUT2D eigenvalue weighted by molar-refractivity contribution is -0.123. The number of benzene rings is 3. The SMILES string of the molecule is CC(C)Cc1ccc([C@H](C)NC(=O)COc2cc3ccccc3cc2C(=O)O)cc1. The molecule has 0 aliphatic carbocycles. The van der Waals surface area contributed by atoms with Crippen molar-refractivity contribution in [1.29, 1.82) is 0 Å². The maximum Gasteiger partial charge on any atom is 0.339 e. The zero-order valence-electron chi connectivity index (χ0n) is 17.5. The van der Waals surface area contributed by atoms with Gasteiger partial charge < -0.3 is 15.2 Å². The Hall–Kier alpha value is -3.34. The molecule has 2 N–H and O–H groups in total. The van der Waals surface area contributed by atoms with Crippen molar-refractivity contribution in [3.63, 3.8) is 0 Å². The smallest absolute Gasteiger partial charge is 0.339 e. The molecule has 0 spiro atoms. The highest BCUT2D eigenvalue weighted by molar-refractivity contribution is 5.97. The first-order valence-corrected chi connectivity index (χ1v) is 10.1. The van der Waals surface area contributed by atoms with Gasteiger partial charge in [0.15, 0.2) is 6.61 Å². The third-order valence-electron chi connectivity index (χ3n) is 4.94. The van der Waals surface area contributed by atoms with E-state index in [1.807, 2.05) is 43.3 Å². The maximum atomic E-state index is 12.4. The number of fused-ring (bicyclic) bond motifs is 1. The number of amides is 1. The summed E-state index contributed by atoms with van der Waals surface area (Å²) in [5.74, 6) is -0.623. The van der Waals surface area contributed by atoms with E-state index in [0.717, 1.165) is 22.8 Å². The average molecular weight is 405 g/mol. The highest BCUT2D eigenvalue weighted by Gasteiger charge is 2.16. The Bertz CT molecular complexity index is 1040. The summed E-state index contributed by atoms with van der Waals surface area (Å²) in [4.78, 5) is 24.0. The van der Waals surface area contributed by atoms with Gasteiger partial charge in [-0.05, 0) is 53.3 Å². The van der Waals surface area contributed by atoms with Crippen LogP contribution in [0.4, 0.5) is 0 Å². The van der Waals surface area contributed by atoms with Crippen molar-refractivity contribution >= 4 is 22.6 Å². The van der Waals surface area contributed by atoms with Gasteiger partial charge in [0.05, 0.1) is 6.04 Å². The Kier molecular flexibility index (Phi) is 6.72. The van der Waals surface area contributed by atoms with Crippen LogP contribution in [0.2, 0.25) is 0 Å². The van der Waals surface area contributed by atoms with Crippen molar-refractivity contribution in [2.75, 3.05) is 6.61 Å².